The van der Waals surface area contributed by atoms with Crippen LogP contribution in [0, 0.1) is 5.92 Å². The summed E-state index contributed by atoms with van der Waals surface area (Å²) >= 11 is 0. The van der Waals surface area contributed by atoms with Gasteiger partial charge in [0.2, 0.25) is 5.91 Å². The van der Waals surface area contributed by atoms with Gasteiger partial charge in [-0.1, -0.05) is 0 Å². The van der Waals surface area contributed by atoms with E-state index in [4.69, 9.17) is 9.47 Å². The van der Waals surface area contributed by atoms with Gasteiger partial charge in [0, 0.05) is 19.6 Å². The third kappa shape index (κ3) is 4.00. The Morgan fingerprint density at radius 3 is 2.55 bits per heavy atom. The van der Waals surface area contributed by atoms with Gasteiger partial charge in [0.05, 0.1) is 30.3 Å². The third-order valence-corrected chi connectivity index (χ3v) is 5.14. The maximum Gasteiger partial charge on any atom is 0.225 e. The summed E-state index contributed by atoms with van der Waals surface area (Å²) in [7, 11) is 0. The van der Waals surface area contributed by atoms with E-state index in [9.17, 15) is 4.79 Å². The van der Waals surface area contributed by atoms with E-state index >= 15 is 0 Å². The normalized spacial score (nSPS) is 38.4. The van der Waals surface area contributed by atoms with Crippen molar-refractivity contribution in [3.8, 4) is 0 Å². The molecule has 3 heterocycles. The third-order valence-electron chi connectivity index (χ3n) is 5.14. The summed E-state index contributed by atoms with van der Waals surface area (Å²) in [4.78, 5) is 14.6. The van der Waals surface area contributed by atoms with Crippen molar-refractivity contribution in [2.45, 2.75) is 70.4 Å². The molecule has 0 aromatic carbocycles. The fourth-order valence-corrected chi connectivity index (χ4v) is 4.18. The molecule has 0 spiro atoms. The number of rotatable bonds is 6. The highest BCUT2D eigenvalue weighted by Crippen LogP contribution is 2.38. The van der Waals surface area contributed by atoms with E-state index in [0.29, 0.717) is 18.3 Å². The molecule has 3 saturated heterocycles. The number of ether oxygens (including phenoxy) is 2. The van der Waals surface area contributed by atoms with Gasteiger partial charge in [-0.3, -0.25) is 9.69 Å². The Morgan fingerprint density at radius 2 is 1.91 bits per heavy atom. The predicted octanol–water partition coefficient (Wildman–Crippen LogP) is 1.56. The van der Waals surface area contributed by atoms with Crippen LogP contribution in [-0.2, 0) is 14.3 Å². The van der Waals surface area contributed by atoms with Crippen molar-refractivity contribution in [2.24, 2.45) is 5.92 Å². The molecule has 126 valence electrons. The summed E-state index contributed by atoms with van der Waals surface area (Å²) in [6, 6.07) is 0. The van der Waals surface area contributed by atoms with Gasteiger partial charge >= 0.3 is 0 Å². The highest BCUT2D eigenvalue weighted by atomic mass is 16.5. The second-order valence-electron chi connectivity index (χ2n) is 7.23. The molecule has 1 N–H and O–H groups in total. The van der Waals surface area contributed by atoms with Gasteiger partial charge in [-0.15, -0.1) is 0 Å². The zero-order valence-electron chi connectivity index (χ0n) is 13.9. The summed E-state index contributed by atoms with van der Waals surface area (Å²) in [5.74, 6) is 0.320. The molecule has 0 saturated carbocycles. The molecule has 5 nitrogen and oxygen atoms in total. The Balaban J connectivity index is 1.27. The molecule has 0 aromatic heterocycles. The van der Waals surface area contributed by atoms with Crippen molar-refractivity contribution in [1.82, 2.24) is 10.2 Å². The summed E-state index contributed by atoms with van der Waals surface area (Å²) in [6.45, 7) is 8.23. The van der Waals surface area contributed by atoms with Gasteiger partial charge < -0.3 is 14.8 Å². The molecule has 2 bridgehead atoms. The van der Waals surface area contributed by atoms with Crippen LogP contribution in [-0.4, -0.2) is 61.4 Å². The molecular formula is C17H30N2O3. The van der Waals surface area contributed by atoms with E-state index in [0.717, 1.165) is 58.3 Å². The lowest BCUT2D eigenvalue weighted by molar-refractivity contribution is -0.126. The number of amides is 1. The fourth-order valence-electron chi connectivity index (χ4n) is 4.18. The van der Waals surface area contributed by atoms with Crippen LogP contribution in [0.1, 0.15) is 46.0 Å². The summed E-state index contributed by atoms with van der Waals surface area (Å²) in [5.41, 5.74) is 0. The van der Waals surface area contributed by atoms with Crippen molar-refractivity contribution in [1.29, 1.82) is 0 Å². The smallest absolute Gasteiger partial charge is 0.225 e. The lowest BCUT2D eigenvalue weighted by Crippen LogP contribution is -2.45. The Hall–Kier alpha value is -0.650. The highest BCUT2D eigenvalue weighted by Gasteiger charge is 2.44. The molecule has 0 aliphatic carbocycles. The maximum absolute atomic E-state index is 12.2. The minimum absolute atomic E-state index is 0.111. The van der Waals surface area contributed by atoms with E-state index in [1.54, 1.807) is 0 Å². The van der Waals surface area contributed by atoms with E-state index < -0.39 is 0 Å². The van der Waals surface area contributed by atoms with Gasteiger partial charge in [-0.25, -0.2) is 0 Å². The Labute approximate surface area is 133 Å². The minimum Gasteiger partial charge on any atom is -0.374 e. The summed E-state index contributed by atoms with van der Waals surface area (Å²) in [6.07, 6.45) is 6.54. The quantitative estimate of drug-likeness (QED) is 0.757. The Bertz CT molecular complexity index is 380. The van der Waals surface area contributed by atoms with Gasteiger partial charge in [-0.05, 0) is 52.5 Å². The van der Waals surface area contributed by atoms with Crippen LogP contribution < -0.4 is 5.32 Å². The molecule has 1 amide bonds. The van der Waals surface area contributed by atoms with Gasteiger partial charge in [0.1, 0.15) is 0 Å². The monoisotopic (exact) mass is 310 g/mol. The second kappa shape index (κ2) is 7.28. The van der Waals surface area contributed by atoms with Crippen molar-refractivity contribution >= 4 is 5.91 Å². The number of nitrogens with zero attached hydrogens (tertiary/aromatic N) is 1. The van der Waals surface area contributed by atoms with Crippen molar-refractivity contribution in [3.05, 3.63) is 0 Å². The lowest BCUT2D eigenvalue weighted by Gasteiger charge is -2.35. The van der Waals surface area contributed by atoms with Crippen LogP contribution in [0.15, 0.2) is 0 Å². The summed E-state index contributed by atoms with van der Waals surface area (Å²) in [5, 5.41) is 3.10. The van der Waals surface area contributed by atoms with Crippen LogP contribution in [0.25, 0.3) is 0 Å². The van der Waals surface area contributed by atoms with Crippen molar-refractivity contribution < 1.29 is 14.3 Å². The zero-order chi connectivity index (χ0) is 15.5. The second-order valence-corrected chi connectivity index (χ2v) is 7.23. The molecule has 3 aliphatic heterocycles. The Morgan fingerprint density at radius 1 is 1.14 bits per heavy atom. The number of carbonyl (C=O) groups is 1. The molecule has 22 heavy (non-hydrogen) atoms. The van der Waals surface area contributed by atoms with Crippen LogP contribution in [0.3, 0.4) is 0 Å². The van der Waals surface area contributed by atoms with Crippen LogP contribution in [0.5, 0.6) is 0 Å². The fraction of sp³-hybridized carbons (Fsp3) is 0.941. The molecule has 5 atom stereocenters. The zero-order valence-corrected chi connectivity index (χ0v) is 13.9. The first kappa shape index (κ1) is 16.2. The molecule has 5 heteroatoms. The molecule has 0 aromatic rings. The molecule has 3 fully saturated rings. The first-order valence-electron chi connectivity index (χ1n) is 8.93. The molecule has 0 radical (unpaired) electrons. The number of hydrogen-bond donors (Lipinski definition) is 1. The van der Waals surface area contributed by atoms with E-state index in [1.165, 1.54) is 0 Å². The van der Waals surface area contributed by atoms with E-state index in [-0.39, 0.29) is 17.9 Å². The largest absolute Gasteiger partial charge is 0.374 e. The average Bonchev–Trinajstić information content (AvgIpc) is 3.08. The number of hydrogen-bond acceptors (Lipinski definition) is 4. The number of morpholine rings is 1. The number of carbonyl (C=O) groups excluding carboxylic acids is 1. The molecule has 5 unspecified atom stereocenters. The SMILES string of the molecule is CC1CN(CCCCNC(=O)C2CC3CCC2O3)CC(C)O1. The number of nitrogens with one attached hydrogen (secondary N) is 1. The van der Waals surface area contributed by atoms with Crippen LogP contribution in [0.2, 0.25) is 0 Å². The summed E-state index contributed by atoms with van der Waals surface area (Å²) < 4.78 is 11.5. The van der Waals surface area contributed by atoms with E-state index in [2.05, 4.69) is 24.1 Å². The first-order chi connectivity index (χ1) is 10.6. The standard InChI is InChI=1S/C17H30N2O3/c1-12-10-19(11-13(2)21-12)8-4-3-7-18-17(20)15-9-14-5-6-16(15)22-14/h12-16H,3-11H2,1-2H3,(H,18,20). The van der Waals surface area contributed by atoms with Crippen molar-refractivity contribution in [2.75, 3.05) is 26.2 Å². The number of fused-ring (bicyclic) bond motifs is 2. The predicted molar refractivity (Wildman–Crippen MR) is 84.7 cm³/mol. The average molecular weight is 310 g/mol. The van der Waals surface area contributed by atoms with Crippen molar-refractivity contribution in [3.63, 3.8) is 0 Å². The van der Waals surface area contributed by atoms with Crippen LogP contribution >= 0.6 is 0 Å². The van der Waals surface area contributed by atoms with E-state index in [1.807, 2.05) is 0 Å². The highest BCUT2D eigenvalue weighted by molar-refractivity contribution is 5.79. The molecular weight excluding hydrogens is 280 g/mol. The van der Waals surface area contributed by atoms with Gasteiger partial charge in [0.15, 0.2) is 0 Å². The molecule has 3 aliphatic rings. The first-order valence-corrected chi connectivity index (χ1v) is 8.93. The Kier molecular flexibility index (Phi) is 5.37. The van der Waals surface area contributed by atoms with Gasteiger partial charge in [-0.2, -0.15) is 0 Å². The number of unbranched alkanes of at least 4 members (excludes halogenated alkanes) is 1. The van der Waals surface area contributed by atoms with Gasteiger partial charge in [0.25, 0.3) is 0 Å². The maximum atomic E-state index is 12.2. The topological polar surface area (TPSA) is 50.8 Å². The minimum atomic E-state index is 0.111. The lowest BCUT2D eigenvalue weighted by atomic mass is 9.88. The van der Waals surface area contributed by atoms with Crippen LogP contribution in [0.4, 0.5) is 0 Å². The molecule has 3 rings (SSSR count).